The lowest BCUT2D eigenvalue weighted by Crippen LogP contribution is -2.29. The number of carboxylic acid groups (broad SMARTS) is 1. The fraction of sp³-hybridized carbons (Fsp3) is 0.207. The number of hydrogen-bond donors (Lipinski definition) is 2. The summed E-state index contributed by atoms with van der Waals surface area (Å²) in [6.07, 6.45) is 2.12. The molecule has 182 valence electrons. The zero-order valence-corrected chi connectivity index (χ0v) is 20.3. The van der Waals surface area contributed by atoms with Crippen LogP contribution in [-0.4, -0.2) is 28.6 Å². The lowest BCUT2D eigenvalue weighted by Gasteiger charge is -2.14. The van der Waals surface area contributed by atoms with E-state index in [1.54, 1.807) is 6.07 Å². The van der Waals surface area contributed by atoms with Gasteiger partial charge in [-0.15, -0.1) is 0 Å². The van der Waals surface area contributed by atoms with E-state index in [0.29, 0.717) is 30.0 Å². The number of amides is 1. The van der Waals surface area contributed by atoms with Crippen LogP contribution in [0.2, 0.25) is 5.02 Å². The minimum absolute atomic E-state index is 0.135. The number of ether oxygens (including phenoxy) is 1. The molecule has 2 heterocycles. The number of fused-ring (bicyclic) bond motifs is 2. The summed E-state index contributed by atoms with van der Waals surface area (Å²) in [4.78, 5) is 28.9. The lowest BCUT2D eigenvalue weighted by atomic mass is 9.98. The third-order valence-electron chi connectivity index (χ3n) is 6.37. The van der Waals surface area contributed by atoms with Crippen molar-refractivity contribution >= 4 is 34.4 Å². The Labute approximate surface area is 213 Å². The van der Waals surface area contributed by atoms with E-state index in [1.807, 2.05) is 60.7 Å². The molecular weight excluding hydrogens is 476 g/mol. The Morgan fingerprint density at radius 3 is 2.64 bits per heavy atom. The predicted molar refractivity (Wildman–Crippen MR) is 140 cm³/mol. The van der Waals surface area contributed by atoms with Crippen LogP contribution in [-0.2, 0) is 11.2 Å². The maximum Gasteiger partial charge on any atom is 0.303 e. The van der Waals surface area contributed by atoms with E-state index in [4.69, 9.17) is 26.4 Å². The van der Waals surface area contributed by atoms with Crippen LogP contribution in [0, 0.1) is 0 Å². The van der Waals surface area contributed by atoms with E-state index in [2.05, 4.69) is 11.4 Å². The number of nitrogens with zero attached hydrogens (tertiary/aromatic N) is 1. The van der Waals surface area contributed by atoms with E-state index >= 15 is 0 Å². The Morgan fingerprint density at radius 2 is 1.83 bits per heavy atom. The molecule has 1 aliphatic rings. The lowest BCUT2D eigenvalue weighted by molar-refractivity contribution is -0.137. The van der Waals surface area contributed by atoms with Gasteiger partial charge in [0.05, 0.1) is 17.3 Å². The first-order chi connectivity index (χ1) is 17.5. The number of benzene rings is 3. The summed E-state index contributed by atoms with van der Waals surface area (Å²) in [5.41, 5.74) is 5.09. The second-order valence-electron chi connectivity index (χ2n) is 8.89. The van der Waals surface area contributed by atoms with Gasteiger partial charge in [-0.1, -0.05) is 41.9 Å². The number of aromatic nitrogens is 1. The minimum Gasteiger partial charge on any atom is -0.491 e. The number of unbranched alkanes of at least 4 members (excludes halogenated alkanes) is 1. The van der Waals surface area contributed by atoms with Crippen molar-refractivity contribution in [2.24, 2.45) is 0 Å². The van der Waals surface area contributed by atoms with E-state index in [1.165, 1.54) is 0 Å². The molecule has 0 bridgehead atoms. The first kappa shape index (κ1) is 23.8. The molecule has 4 aromatic rings. The molecular formula is C29H25ClN2O4. The Bertz CT molecular complexity index is 1440. The molecule has 1 amide bonds. The largest absolute Gasteiger partial charge is 0.491 e. The maximum absolute atomic E-state index is 13.1. The molecule has 2 N–H and O–H groups in total. The number of aryl methyl sites for hydroxylation is 1. The van der Waals surface area contributed by atoms with Crippen LogP contribution >= 0.6 is 11.6 Å². The fourth-order valence-electron chi connectivity index (χ4n) is 4.53. The van der Waals surface area contributed by atoms with Crippen molar-refractivity contribution in [2.45, 2.75) is 31.7 Å². The highest BCUT2D eigenvalue weighted by Gasteiger charge is 2.25. The Balaban J connectivity index is 1.43. The second-order valence-corrected chi connectivity index (χ2v) is 9.32. The SMILES string of the molecule is O=C(O)CCCCc1cc2cc(C(=O)N[C@@H]3COc4ccccc43)ccc2nc1-c1ccc(Cl)cc1. The number of carbonyl (C=O) groups excluding carboxylic acids is 1. The Hall–Kier alpha value is -3.90. The summed E-state index contributed by atoms with van der Waals surface area (Å²) in [5.74, 6) is -0.171. The van der Waals surface area contributed by atoms with E-state index in [9.17, 15) is 9.59 Å². The highest BCUT2D eigenvalue weighted by molar-refractivity contribution is 6.30. The van der Waals surface area contributed by atoms with Crippen LogP contribution in [0.4, 0.5) is 0 Å². The zero-order chi connectivity index (χ0) is 25.1. The standard InChI is InChI=1S/C29H25ClN2O4/c30-22-12-9-18(10-13-22)28-19(5-1-4-8-27(33)34)15-21-16-20(11-14-24(21)31-28)29(35)32-25-17-36-26-7-3-2-6-23(25)26/h2-3,6-7,9-16,25H,1,4-5,8,17H2,(H,32,35)(H,33,34)/t25-/m1/s1. The second kappa shape index (κ2) is 10.4. The van der Waals surface area contributed by atoms with Gasteiger partial charge in [0.15, 0.2) is 0 Å². The molecule has 0 saturated heterocycles. The van der Waals surface area contributed by atoms with Crippen LogP contribution in [0.15, 0.2) is 72.8 Å². The van der Waals surface area contributed by atoms with Crippen molar-refractivity contribution in [1.29, 1.82) is 0 Å². The third kappa shape index (κ3) is 5.19. The van der Waals surface area contributed by atoms with Gasteiger partial charge in [-0.05, 0) is 67.3 Å². The van der Waals surface area contributed by atoms with Gasteiger partial charge in [-0.25, -0.2) is 4.98 Å². The molecule has 3 aromatic carbocycles. The van der Waals surface area contributed by atoms with Crippen molar-refractivity contribution in [2.75, 3.05) is 6.61 Å². The first-order valence-corrected chi connectivity index (χ1v) is 12.3. The molecule has 6 nitrogen and oxygen atoms in total. The summed E-state index contributed by atoms with van der Waals surface area (Å²) in [6.45, 7) is 0.408. The van der Waals surface area contributed by atoms with E-state index < -0.39 is 5.97 Å². The van der Waals surface area contributed by atoms with Crippen LogP contribution in [0.1, 0.15) is 46.8 Å². The summed E-state index contributed by atoms with van der Waals surface area (Å²) in [5, 5.41) is 13.6. The number of carbonyl (C=O) groups is 2. The topological polar surface area (TPSA) is 88.5 Å². The smallest absolute Gasteiger partial charge is 0.303 e. The van der Waals surface area contributed by atoms with Gasteiger partial charge in [0.2, 0.25) is 0 Å². The van der Waals surface area contributed by atoms with Crippen molar-refractivity contribution in [3.05, 3.63) is 94.5 Å². The number of hydrogen-bond acceptors (Lipinski definition) is 4. The number of carboxylic acids is 1. The molecule has 7 heteroatoms. The number of halogens is 1. The normalized spacial score (nSPS) is 14.3. The minimum atomic E-state index is -0.796. The van der Waals surface area contributed by atoms with Gasteiger partial charge in [0.25, 0.3) is 5.91 Å². The molecule has 1 atom stereocenters. The summed E-state index contributed by atoms with van der Waals surface area (Å²) < 4.78 is 5.69. The molecule has 5 rings (SSSR count). The highest BCUT2D eigenvalue weighted by Crippen LogP contribution is 2.32. The summed E-state index contributed by atoms with van der Waals surface area (Å²) in [7, 11) is 0. The maximum atomic E-state index is 13.1. The van der Waals surface area contributed by atoms with Gasteiger partial charge < -0.3 is 15.2 Å². The number of pyridine rings is 1. The molecule has 0 saturated carbocycles. The van der Waals surface area contributed by atoms with Gasteiger partial charge in [-0.3, -0.25) is 9.59 Å². The van der Waals surface area contributed by atoms with Crippen molar-refractivity contribution in [3.63, 3.8) is 0 Å². The Morgan fingerprint density at radius 1 is 1.03 bits per heavy atom. The van der Waals surface area contributed by atoms with Crippen molar-refractivity contribution in [1.82, 2.24) is 10.3 Å². The third-order valence-corrected chi connectivity index (χ3v) is 6.62. The van der Waals surface area contributed by atoms with Crippen LogP contribution in [0.3, 0.4) is 0 Å². The fourth-order valence-corrected chi connectivity index (χ4v) is 4.65. The summed E-state index contributed by atoms with van der Waals surface area (Å²) >= 11 is 6.08. The Kier molecular flexibility index (Phi) is 6.87. The molecule has 0 fully saturated rings. The molecule has 0 aliphatic carbocycles. The molecule has 1 aromatic heterocycles. The van der Waals surface area contributed by atoms with Gasteiger partial charge in [0, 0.05) is 33.5 Å². The first-order valence-electron chi connectivity index (χ1n) is 11.9. The van der Waals surface area contributed by atoms with Crippen LogP contribution in [0.5, 0.6) is 5.75 Å². The average molecular weight is 501 g/mol. The number of rotatable bonds is 8. The van der Waals surface area contributed by atoms with Crippen molar-refractivity contribution in [3.8, 4) is 17.0 Å². The van der Waals surface area contributed by atoms with Crippen LogP contribution < -0.4 is 10.1 Å². The van der Waals surface area contributed by atoms with Crippen LogP contribution in [0.25, 0.3) is 22.2 Å². The predicted octanol–water partition coefficient (Wildman–Crippen LogP) is 6.22. The summed E-state index contributed by atoms with van der Waals surface area (Å²) in [6, 6.07) is 22.6. The molecule has 1 aliphatic heterocycles. The number of para-hydroxylation sites is 1. The van der Waals surface area contributed by atoms with Gasteiger partial charge >= 0.3 is 5.97 Å². The number of aliphatic carboxylic acids is 1. The molecule has 0 unspecified atom stereocenters. The van der Waals surface area contributed by atoms with Crippen molar-refractivity contribution < 1.29 is 19.4 Å². The quantitative estimate of drug-likeness (QED) is 0.280. The van der Waals surface area contributed by atoms with E-state index in [0.717, 1.165) is 45.5 Å². The average Bonchev–Trinajstić information content (AvgIpc) is 3.29. The zero-order valence-electron chi connectivity index (χ0n) is 19.5. The number of nitrogens with one attached hydrogen (secondary N) is 1. The molecule has 36 heavy (non-hydrogen) atoms. The van der Waals surface area contributed by atoms with Gasteiger partial charge in [-0.2, -0.15) is 0 Å². The van der Waals surface area contributed by atoms with E-state index in [-0.39, 0.29) is 18.4 Å². The molecule has 0 spiro atoms. The highest BCUT2D eigenvalue weighted by atomic mass is 35.5. The van der Waals surface area contributed by atoms with Gasteiger partial charge in [0.1, 0.15) is 12.4 Å². The molecule has 0 radical (unpaired) electrons. The monoisotopic (exact) mass is 500 g/mol.